The fourth-order valence-electron chi connectivity index (χ4n) is 1.36. The molecule has 0 unspecified atom stereocenters. The standard InChI is InChI=1S/C15H15Cl2NO3/c1-3-8-18-15(20)10(2)21-14(19)7-5-11-4-6-12(16)13(17)9-11/h3-7,9-10H,1,8H2,2H3,(H,18,20)/b7-5+/t10-/m0/s1. The van der Waals surface area contributed by atoms with Crippen LogP contribution in [0.1, 0.15) is 12.5 Å². The highest BCUT2D eigenvalue weighted by molar-refractivity contribution is 6.42. The quantitative estimate of drug-likeness (QED) is 0.495. The first-order chi connectivity index (χ1) is 9.93. The van der Waals surface area contributed by atoms with E-state index in [2.05, 4.69) is 11.9 Å². The van der Waals surface area contributed by atoms with Gasteiger partial charge in [-0.2, -0.15) is 0 Å². The molecule has 0 fully saturated rings. The van der Waals surface area contributed by atoms with Crippen molar-refractivity contribution in [1.29, 1.82) is 0 Å². The van der Waals surface area contributed by atoms with E-state index < -0.39 is 12.1 Å². The highest BCUT2D eigenvalue weighted by Gasteiger charge is 2.15. The lowest BCUT2D eigenvalue weighted by atomic mass is 10.2. The monoisotopic (exact) mass is 327 g/mol. The van der Waals surface area contributed by atoms with Gasteiger partial charge in [0.1, 0.15) is 0 Å². The topological polar surface area (TPSA) is 55.4 Å². The number of halogens is 2. The van der Waals surface area contributed by atoms with Crippen LogP contribution in [0.25, 0.3) is 6.08 Å². The van der Waals surface area contributed by atoms with E-state index in [1.807, 2.05) is 0 Å². The molecular formula is C15H15Cl2NO3. The van der Waals surface area contributed by atoms with Gasteiger partial charge in [0.2, 0.25) is 0 Å². The average Bonchev–Trinajstić information content (AvgIpc) is 2.45. The molecule has 4 nitrogen and oxygen atoms in total. The third-order valence-electron chi connectivity index (χ3n) is 2.44. The Balaban J connectivity index is 2.56. The van der Waals surface area contributed by atoms with Crippen molar-refractivity contribution in [3.8, 4) is 0 Å². The summed E-state index contributed by atoms with van der Waals surface area (Å²) in [6.45, 7) is 5.28. The summed E-state index contributed by atoms with van der Waals surface area (Å²) in [7, 11) is 0. The minimum absolute atomic E-state index is 0.319. The second-order valence-corrected chi connectivity index (χ2v) is 4.93. The van der Waals surface area contributed by atoms with Crippen LogP contribution in [0.5, 0.6) is 0 Å². The molecule has 0 heterocycles. The molecule has 0 aliphatic rings. The van der Waals surface area contributed by atoms with E-state index in [9.17, 15) is 9.59 Å². The number of benzene rings is 1. The molecule has 1 N–H and O–H groups in total. The predicted octanol–water partition coefficient (Wildman–Crippen LogP) is 3.24. The first-order valence-electron chi connectivity index (χ1n) is 6.16. The first kappa shape index (κ1) is 17.3. The Kier molecular flexibility index (Phi) is 6.99. The second-order valence-electron chi connectivity index (χ2n) is 4.12. The van der Waals surface area contributed by atoms with Crippen molar-refractivity contribution >= 4 is 41.2 Å². The van der Waals surface area contributed by atoms with Gasteiger partial charge in [-0.25, -0.2) is 4.79 Å². The lowest BCUT2D eigenvalue weighted by molar-refractivity contribution is -0.150. The second kappa shape index (κ2) is 8.49. The van der Waals surface area contributed by atoms with Crippen LogP contribution >= 0.6 is 23.2 Å². The van der Waals surface area contributed by atoms with Gasteiger partial charge in [0.05, 0.1) is 10.0 Å². The van der Waals surface area contributed by atoms with Gasteiger partial charge in [0.15, 0.2) is 6.10 Å². The number of carbonyl (C=O) groups is 2. The van der Waals surface area contributed by atoms with Crippen LogP contribution in [0.15, 0.2) is 36.9 Å². The fourth-order valence-corrected chi connectivity index (χ4v) is 1.67. The third-order valence-corrected chi connectivity index (χ3v) is 3.18. The molecule has 1 aromatic carbocycles. The molecule has 6 heteroatoms. The van der Waals surface area contributed by atoms with Gasteiger partial charge in [0.25, 0.3) is 5.91 Å². The zero-order chi connectivity index (χ0) is 15.8. The van der Waals surface area contributed by atoms with Gasteiger partial charge in [-0.1, -0.05) is 35.3 Å². The zero-order valence-corrected chi connectivity index (χ0v) is 12.9. The number of rotatable bonds is 6. The van der Waals surface area contributed by atoms with E-state index in [0.29, 0.717) is 22.2 Å². The number of hydrogen-bond donors (Lipinski definition) is 1. The van der Waals surface area contributed by atoms with Crippen LogP contribution in [-0.4, -0.2) is 24.5 Å². The van der Waals surface area contributed by atoms with Crippen molar-refractivity contribution in [2.75, 3.05) is 6.54 Å². The Morgan fingerprint density at radius 1 is 1.38 bits per heavy atom. The molecule has 1 amide bonds. The molecule has 21 heavy (non-hydrogen) atoms. The van der Waals surface area contributed by atoms with Gasteiger partial charge < -0.3 is 10.1 Å². The molecule has 0 aliphatic carbocycles. The van der Waals surface area contributed by atoms with Gasteiger partial charge in [0, 0.05) is 12.6 Å². The Morgan fingerprint density at radius 2 is 2.10 bits per heavy atom. The highest BCUT2D eigenvalue weighted by Crippen LogP contribution is 2.23. The number of carbonyl (C=O) groups excluding carboxylic acids is 2. The molecule has 0 aliphatic heterocycles. The summed E-state index contributed by atoms with van der Waals surface area (Å²) in [5, 5.41) is 3.36. The summed E-state index contributed by atoms with van der Waals surface area (Å²) in [6.07, 6.45) is 3.41. The van der Waals surface area contributed by atoms with Crippen molar-refractivity contribution < 1.29 is 14.3 Å². The fraction of sp³-hybridized carbons (Fsp3) is 0.200. The Morgan fingerprint density at radius 3 is 2.71 bits per heavy atom. The molecule has 0 radical (unpaired) electrons. The normalized spacial score (nSPS) is 12.0. The molecule has 0 spiro atoms. The summed E-state index contributed by atoms with van der Waals surface area (Å²) in [5.74, 6) is -1.01. The van der Waals surface area contributed by atoms with Crippen LogP contribution < -0.4 is 5.32 Å². The van der Waals surface area contributed by atoms with Gasteiger partial charge >= 0.3 is 5.97 Å². The van der Waals surface area contributed by atoms with Crippen LogP contribution in [0, 0.1) is 0 Å². The average molecular weight is 328 g/mol. The molecular weight excluding hydrogens is 313 g/mol. The third kappa shape index (κ3) is 6.02. The van der Waals surface area contributed by atoms with Crippen molar-refractivity contribution in [1.82, 2.24) is 5.32 Å². The van der Waals surface area contributed by atoms with Crippen molar-refractivity contribution in [2.24, 2.45) is 0 Å². The Bertz CT molecular complexity index is 570. The molecule has 112 valence electrons. The molecule has 1 aromatic rings. The first-order valence-corrected chi connectivity index (χ1v) is 6.92. The molecule has 1 rings (SSSR count). The smallest absolute Gasteiger partial charge is 0.331 e. The minimum atomic E-state index is -0.879. The molecule has 0 bridgehead atoms. The number of esters is 1. The van der Waals surface area contributed by atoms with E-state index in [1.165, 1.54) is 25.2 Å². The van der Waals surface area contributed by atoms with Gasteiger partial charge in [-0.05, 0) is 30.7 Å². The van der Waals surface area contributed by atoms with Crippen LogP contribution in [0.3, 0.4) is 0 Å². The summed E-state index contributed by atoms with van der Waals surface area (Å²) in [6, 6.07) is 4.95. The van der Waals surface area contributed by atoms with Gasteiger partial charge in [-0.3, -0.25) is 4.79 Å². The van der Waals surface area contributed by atoms with E-state index >= 15 is 0 Å². The van der Waals surface area contributed by atoms with Crippen molar-refractivity contribution in [3.63, 3.8) is 0 Å². The predicted molar refractivity (Wildman–Crippen MR) is 84.3 cm³/mol. The summed E-state index contributed by atoms with van der Waals surface area (Å²) in [4.78, 5) is 23.1. The largest absolute Gasteiger partial charge is 0.449 e. The lowest BCUT2D eigenvalue weighted by Crippen LogP contribution is -2.35. The van der Waals surface area contributed by atoms with Crippen molar-refractivity contribution in [2.45, 2.75) is 13.0 Å². The number of ether oxygens (including phenoxy) is 1. The summed E-state index contributed by atoms with van der Waals surface area (Å²) < 4.78 is 4.95. The maximum Gasteiger partial charge on any atom is 0.331 e. The van der Waals surface area contributed by atoms with E-state index in [0.717, 1.165) is 0 Å². The Labute approximate surface area is 133 Å². The summed E-state index contributed by atoms with van der Waals surface area (Å²) >= 11 is 11.7. The van der Waals surface area contributed by atoms with Crippen LogP contribution in [-0.2, 0) is 14.3 Å². The molecule has 0 aromatic heterocycles. The lowest BCUT2D eigenvalue weighted by Gasteiger charge is -2.11. The minimum Gasteiger partial charge on any atom is -0.449 e. The maximum absolute atomic E-state index is 11.6. The zero-order valence-electron chi connectivity index (χ0n) is 11.4. The number of nitrogens with one attached hydrogen (secondary N) is 1. The van der Waals surface area contributed by atoms with Gasteiger partial charge in [-0.15, -0.1) is 6.58 Å². The van der Waals surface area contributed by atoms with Crippen LogP contribution in [0.4, 0.5) is 0 Å². The number of hydrogen-bond acceptors (Lipinski definition) is 3. The SMILES string of the molecule is C=CCNC(=O)[C@H](C)OC(=O)/C=C/c1ccc(Cl)c(Cl)c1. The number of amides is 1. The summed E-state index contributed by atoms with van der Waals surface area (Å²) in [5.41, 5.74) is 0.699. The van der Waals surface area contributed by atoms with E-state index in [1.54, 1.807) is 18.2 Å². The van der Waals surface area contributed by atoms with Crippen molar-refractivity contribution in [3.05, 3.63) is 52.5 Å². The molecule has 1 atom stereocenters. The maximum atomic E-state index is 11.6. The Hall–Kier alpha value is -1.78. The van der Waals surface area contributed by atoms with Crippen LogP contribution in [0.2, 0.25) is 10.0 Å². The highest BCUT2D eigenvalue weighted by atomic mass is 35.5. The van der Waals surface area contributed by atoms with E-state index in [-0.39, 0.29) is 5.91 Å². The molecule has 0 saturated heterocycles. The molecule has 0 saturated carbocycles. The van der Waals surface area contributed by atoms with E-state index in [4.69, 9.17) is 27.9 Å².